The minimum atomic E-state index is -0.688. The number of amides is 1. The van der Waals surface area contributed by atoms with Gasteiger partial charge in [0.05, 0.1) is 5.60 Å². The number of ether oxygens (including phenoxy) is 1. The van der Waals surface area contributed by atoms with E-state index < -0.39 is 17.2 Å². The number of halogens is 1. The quantitative estimate of drug-likeness (QED) is 0.770. The molecule has 1 aromatic carbocycles. The number of carbonyl (C=O) groups excluding carboxylic acids is 1. The monoisotopic (exact) mass is 430 g/mol. The van der Waals surface area contributed by atoms with Gasteiger partial charge in [0.25, 0.3) is 11.5 Å². The van der Waals surface area contributed by atoms with Crippen molar-refractivity contribution in [3.63, 3.8) is 0 Å². The normalized spacial score (nSPS) is 17.8. The average Bonchev–Trinajstić information content (AvgIpc) is 3.22. The highest BCUT2D eigenvalue weighted by Crippen LogP contribution is 2.36. The van der Waals surface area contributed by atoms with E-state index in [9.17, 15) is 19.1 Å². The summed E-state index contributed by atoms with van der Waals surface area (Å²) in [6.45, 7) is 3.85. The van der Waals surface area contributed by atoms with Crippen LogP contribution in [0.2, 0.25) is 0 Å². The van der Waals surface area contributed by atoms with Crippen molar-refractivity contribution in [2.45, 2.75) is 44.8 Å². The number of rotatable bonds is 4. The zero-order chi connectivity index (χ0) is 22.2. The number of piperidine rings is 1. The first-order valence-electron chi connectivity index (χ1n) is 10.5. The molecule has 9 heteroatoms. The number of aromatic nitrogens is 2. The Balaban J connectivity index is 1.52. The topological polar surface area (TPSA) is 96.7 Å². The van der Waals surface area contributed by atoms with Crippen molar-refractivity contribution in [3.05, 3.63) is 51.2 Å². The van der Waals surface area contributed by atoms with Crippen LogP contribution in [0.4, 0.5) is 10.3 Å². The summed E-state index contributed by atoms with van der Waals surface area (Å²) in [4.78, 5) is 31.6. The Bertz CT molecular complexity index is 1050. The third-order valence-corrected chi connectivity index (χ3v) is 6.28. The van der Waals surface area contributed by atoms with Crippen LogP contribution >= 0.6 is 0 Å². The van der Waals surface area contributed by atoms with Crippen LogP contribution in [-0.2, 0) is 18.3 Å². The summed E-state index contributed by atoms with van der Waals surface area (Å²) in [5, 5.41) is 12.9. The minimum absolute atomic E-state index is 0.0836. The van der Waals surface area contributed by atoms with E-state index in [1.54, 1.807) is 19.1 Å². The number of benzene rings is 1. The van der Waals surface area contributed by atoms with Gasteiger partial charge in [0, 0.05) is 33.3 Å². The number of aryl methyl sites for hydroxylation is 1. The van der Waals surface area contributed by atoms with Crippen molar-refractivity contribution in [1.82, 2.24) is 14.9 Å². The molecule has 8 nitrogen and oxygen atoms in total. The Kier molecular flexibility index (Phi) is 5.70. The summed E-state index contributed by atoms with van der Waals surface area (Å²) in [5.74, 6) is -1.33. The molecule has 0 saturated carbocycles. The first-order chi connectivity index (χ1) is 14.8. The smallest absolute Gasteiger partial charge is 0.297 e. The molecular weight excluding hydrogens is 403 g/mol. The van der Waals surface area contributed by atoms with E-state index in [1.807, 2.05) is 4.90 Å². The molecule has 166 valence electrons. The number of nitrogens with one attached hydrogen (secondary N) is 1. The van der Waals surface area contributed by atoms with Crippen molar-refractivity contribution in [1.29, 1.82) is 0 Å². The molecule has 0 bridgehead atoms. The Labute approximate surface area is 179 Å². The van der Waals surface area contributed by atoms with Gasteiger partial charge in [0.15, 0.2) is 5.69 Å². The maximum atomic E-state index is 13.4. The van der Waals surface area contributed by atoms with Gasteiger partial charge in [-0.2, -0.15) is 0 Å². The highest BCUT2D eigenvalue weighted by molar-refractivity contribution is 5.95. The van der Waals surface area contributed by atoms with Crippen LogP contribution in [0, 0.1) is 12.7 Å². The third-order valence-electron chi connectivity index (χ3n) is 6.28. The molecule has 4 rings (SSSR count). The van der Waals surface area contributed by atoms with Crippen LogP contribution in [0.3, 0.4) is 0 Å². The highest BCUT2D eigenvalue weighted by Gasteiger charge is 2.39. The molecule has 0 aliphatic carbocycles. The molecule has 0 unspecified atom stereocenters. The number of aromatic hydroxyl groups is 1. The molecule has 0 atom stereocenters. The van der Waals surface area contributed by atoms with Gasteiger partial charge in [0.2, 0.25) is 11.7 Å². The van der Waals surface area contributed by atoms with Gasteiger partial charge in [0.1, 0.15) is 5.82 Å². The number of anilines is 1. The van der Waals surface area contributed by atoms with Gasteiger partial charge in [-0.1, -0.05) is 12.1 Å². The summed E-state index contributed by atoms with van der Waals surface area (Å²) in [7, 11) is 1.53. The fraction of sp³-hybridized carbons (Fsp3) is 0.500. The number of nitrogens with zero attached hydrogens (tertiary/aromatic N) is 3. The third kappa shape index (κ3) is 4.14. The van der Waals surface area contributed by atoms with Crippen LogP contribution in [0.5, 0.6) is 5.75 Å². The van der Waals surface area contributed by atoms with Crippen molar-refractivity contribution < 1.29 is 19.0 Å². The molecule has 2 aliphatic rings. The predicted octanol–water partition coefficient (Wildman–Crippen LogP) is 2.01. The van der Waals surface area contributed by atoms with E-state index in [1.165, 1.54) is 17.7 Å². The van der Waals surface area contributed by atoms with Crippen LogP contribution < -0.4 is 15.8 Å². The zero-order valence-electron chi connectivity index (χ0n) is 17.8. The predicted molar refractivity (Wildman–Crippen MR) is 113 cm³/mol. The first kappa shape index (κ1) is 21.3. The van der Waals surface area contributed by atoms with Gasteiger partial charge in [-0.05, 0) is 49.8 Å². The Morgan fingerprint density at radius 1 is 1.32 bits per heavy atom. The SMILES string of the molecule is Cc1cc(CNC(=O)c2nc(N3CCC4(CCCO4)CC3)n(C)c(=O)c2O)ccc1F. The van der Waals surface area contributed by atoms with Gasteiger partial charge >= 0.3 is 0 Å². The highest BCUT2D eigenvalue weighted by atomic mass is 19.1. The lowest BCUT2D eigenvalue weighted by atomic mass is 9.89. The largest absolute Gasteiger partial charge is 0.501 e. The summed E-state index contributed by atoms with van der Waals surface area (Å²) in [5.41, 5.74) is 0.102. The Morgan fingerprint density at radius 2 is 2.06 bits per heavy atom. The molecule has 31 heavy (non-hydrogen) atoms. The summed E-state index contributed by atoms with van der Waals surface area (Å²) in [6, 6.07) is 4.53. The van der Waals surface area contributed by atoms with Crippen LogP contribution in [0.25, 0.3) is 0 Å². The van der Waals surface area contributed by atoms with Crippen LogP contribution in [-0.4, -0.2) is 45.9 Å². The fourth-order valence-electron chi connectivity index (χ4n) is 4.37. The number of carbonyl (C=O) groups is 1. The maximum absolute atomic E-state index is 13.4. The lowest BCUT2D eigenvalue weighted by molar-refractivity contribution is -0.0148. The second-order valence-corrected chi connectivity index (χ2v) is 8.36. The van der Waals surface area contributed by atoms with Gasteiger partial charge < -0.3 is 20.1 Å². The van der Waals surface area contributed by atoms with Crippen molar-refractivity contribution in [2.24, 2.45) is 7.05 Å². The average molecular weight is 430 g/mol. The molecule has 2 aromatic rings. The molecule has 1 spiro atoms. The lowest BCUT2D eigenvalue weighted by Gasteiger charge is -2.39. The molecule has 1 aromatic heterocycles. The van der Waals surface area contributed by atoms with Gasteiger partial charge in [-0.3, -0.25) is 14.2 Å². The van der Waals surface area contributed by atoms with E-state index in [0.717, 1.165) is 32.3 Å². The van der Waals surface area contributed by atoms with Crippen LogP contribution in [0.1, 0.15) is 47.3 Å². The van der Waals surface area contributed by atoms with Gasteiger partial charge in [-0.15, -0.1) is 0 Å². The van der Waals surface area contributed by atoms with Crippen molar-refractivity contribution >= 4 is 11.9 Å². The van der Waals surface area contributed by atoms with E-state index in [2.05, 4.69) is 10.3 Å². The number of hydrogen-bond donors (Lipinski definition) is 2. The van der Waals surface area contributed by atoms with E-state index in [4.69, 9.17) is 4.74 Å². The lowest BCUT2D eigenvalue weighted by Crippen LogP contribution is -2.46. The molecule has 2 saturated heterocycles. The molecule has 2 aliphatic heterocycles. The van der Waals surface area contributed by atoms with Crippen LogP contribution in [0.15, 0.2) is 23.0 Å². The summed E-state index contributed by atoms with van der Waals surface area (Å²) in [6.07, 6.45) is 3.76. The van der Waals surface area contributed by atoms with E-state index in [0.29, 0.717) is 30.2 Å². The van der Waals surface area contributed by atoms with E-state index >= 15 is 0 Å². The maximum Gasteiger partial charge on any atom is 0.297 e. The molecule has 3 heterocycles. The summed E-state index contributed by atoms with van der Waals surface area (Å²) < 4.78 is 20.6. The number of hydrogen-bond acceptors (Lipinski definition) is 6. The molecule has 1 amide bonds. The standard InChI is InChI=1S/C22H27FN4O4/c1-14-12-15(4-5-16(14)23)13-24-19(29)17-18(28)20(30)26(2)21(25-17)27-9-7-22(8-10-27)6-3-11-31-22/h4-5,12,28H,3,6-11,13H2,1-2H3,(H,24,29). The van der Waals surface area contributed by atoms with E-state index in [-0.39, 0.29) is 23.7 Å². The minimum Gasteiger partial charge on any atom is -0.501 e. The molecular formula is C22H27FN4O4. The molecule has 2 N–H and O–H groups in total. The fourth-order valence-corrected chi connectivity index (χ4v) is 4.37. The van der Waals surface area contributed by atoms with Crippen molar-refractivity contribution in [3.8, 4) is 5.75 Å². The Morgan fingerprint density at radius 3 is 2.71 bits per heavy atom. The zero-order valence-corrected chi connectivity index (χ0v) is 17.8. The second kappa shape index (κ2) is 8.30. The van der Waals surface area contributed by atoms with Gasteiger partial charge in [-0.25, -0.2) is 9.37 Å². The summed E-state index contributed by atoms with van der Waals surface area (Å²) >= 11 is 0. The molecule has 0 radical (unpaired) electrons. The van der Waals surface area contributed by atoms with Crippen molar-refractivity contribution in [2.75, 3.05) is 24.6 Å². The Hall–Kier alpha value is -2.94. The first-order valence-corrected chi connectivity index (χ1v) is 10.5. The second-order valence-electron chi connectivity index (χ2n) is 8.36. The molecule has 2 fully saturated rings.